The Morgan fingerprint density at radius 1 is 1.44 bits per heavy atom. The van der Waals surface area contributed by atoms with Crippen molar-refractivity contribution in [1.82, 2.24) is 0 Å². The molecule has 0 aliphatic carbocycles. The lowest BCUT2D eigenvalue weighted by Gasteiger charge is -2.08. The van der Waals surface area contributed by atoms with Crippen LogP contribution in [0.25, 0.3) is 0 Å². The van der Waals surface area contributed by atoms with E-state index in [1.165, 1.54) is 6.92 Å². The molecule has 0 amide bonds. The third kappa shape index (κ3) is 5.27. The first-order chi connectivity index (χ1) is 7.38. The van der Waals surface area contributed by atoms with E-state index in [-0.39, 0.29) is 11.5 Å². The minimum absolute atomic E-state index is 0.131. The Labute approximate surface area is 94.3 Å². The highest BCUT2D eigenvalue weighted by Gasteiger charge is 2.19. The molecular weight excluding hydrogens is 210 g/mol. The van der Waals surface area contributed by atoms with Crippen LogP contribution in [-0.4, -0.2) is 23.1 Å². The van der Waals surface area contributed by atoms with Gasteiger partial charge in [0, 0.05) is 11.6 Å². The number of hydrogen-bond donors (Lipinski definition) is 1. The summed E-state index contributed by atoms with van der Waals surface area (Å²) in [4.78, 5) is 22.4. The molecule has 0 rings (SSSR count). The average Bonchev–Trinajstić information content (AvgIpc) is 2.16. The van der Waals surface area contributed by atoms with Crippen LogP contribution in [0.1, 0.15) is 27.2 Å². The molecule has 5 nitrogen and oxygen atoms in total. The standard InChI is InChI=1S/C11H15NO4/c1-7(2)6-9(4-5-12)11(15)16-10(14)8(3)13/h4,7-8,13H,6H2,1-3H3. The third-order valence-electron chi connectivity index (χ3n) is 1.66. The van der Waals surface area contributed by atoms with Crippen LogP contribution in [0.2, 0.25) is 0 Å². The van der Waals surface area contributed by atoms with Gasteiger partial charge in [0.1, 0.15) is 6.10 Å². The Kier molecular flexibility index (Phi) is 6.04. The van der Waals surface area contributed by atoms with Gasteiger partial charge in [-0.05, 0) is 19.3 Å². The summed E-state index contributed by atoms with van der Waals surface area (Å²) in [5, 5.41) is 17.3. The van der Waals surface area contributed by atoms with Crippen LogP contribution in [0.4, 0.5) is 0 Å². The molecular formula is C11H15NO4. The van der Waals surface area contributed by atoms with E-state index in [0.717, 1.165) is 6.08 Å². The van der Waals surface area contributed by atoms with Gasteiger partial charge in [0.2, 0.25) is 0 Å². The largest absolute Gasteiger partial charge is 0.388 e. The summed E-state index contributed by atoms with van der Waals surface area (Å²) in [5.74, 6) is -1.73. The lowest BCUT2D eigenvalue weighted by Crippen LogP contribution is -2.24. The van der Waals surface area contributed by atoms with E-state index in [0.29, 0.717) is 6.42 Å². The Balaban J connectivity index is 4.60. The molecule has 0 aliphatic heterocycles. The van der Waals surface area contributed by atoms with Crippen LogP contribution in [-0.2, 0) is 14.3 Å². The minimum atomic E-state index is -1.36. The first kappa shape index (κ1) is 14.3. The lowest BCUT2D eigenvalue weighted by atomic mass is 10.0. The first-order valence-electron chi connectivity index (χ1n) is 4.91. The van der Waals surface area contributed by atoms with Crippen LogP contribution in [0, 0.1) is 17.2 Å². The Morgan fingerprint density at radius 3 is 2.38 bits per heavy atom. The van der Waals surface area contributed by atoms with Crippen molar-refractivity contribution in [3.05, 3.63) is 11.6 Å². The maximum absolute atomic E-state index is 11.4. The molecule has 0 bridgehead atoms. The number of carbonyl (C=O) groups excluding carboxylic acids is 2. The van der Waals surface area contributed by atoms with Crippen molar-refractivity contribution in [3.8, 4) is 6.07 Å². The Hall–Kier alpha value is -1.67. The van der Waals surface area contributed by atoms with Gasteiger partial charge in [-0.15, -0.1) is 0 Å². The van der Waals surface area contributed by atoms with Gasteiger partial charge in [-0.3, -0.25) is 0 Å². The second-order valence-corrected chi connectivity index (χ2v) is 3.78. The van der Waals surface area contributed by atoms with Gasteiger partial charge in [-0.25, -0.2) is 9.59 Å². The van der Waals surface area contributed by atoms with Gasteiger partial charge in [0.15, 0.2) is 0 Å². The first-order valence-corrected chi connectivity index (χ1v) is 4.91. The van der Waals surface area contributed by atoms with Crippen molar-refractivity contribution < 1.29 is 19.4 Å². The predicted molar refractivity (Wildman–Crippen MR) is 55.9 cm³/mol. The zero-order valence-electron chi connectivity index (χ0n) is 9.56. The highest BCUT2D eigenvalue weighted by atomic mass is 16.6. The van der Waals surface area contributed by atoms with E-state index in [4.69, 9.17) is 10.4 Å². The van der Waals surface area contributed by atoms with Crippen LogP contribution in [0.5, 0.6) is 0 Å². The summed E-state index contributed by atoms with van der Waals surface area (Å²) >= 11 is 0. The summed E-state index contributed by atoms with van der Waals surface area (Å²) in [6, 6.07) is 1.72. The molecule has 0 saturated carbocycles. The number of nitrogens with zero attached hydrogens (tertiary/aromatic N) is 1. The molecule has 0 spiro atoms. The number of allylic oxidation sites excluding steroid dienone is 1. The van der Waals surface area contributed by atoms with E-state index in [9.17, 15) is 9.59 Å². The molecule has 0 radical (unpaired) electrons. The summed E-state index contributed by atoms with van der Waals surface area (Å²) in [6.45, 7) is 4.94. The normalized spacial score (nSPS) is 13.1. The fraction of sp³-hybridized carbons (Fsp3) is 0.545. The van der Waals surface area contributed by atoms with Gasteiger partial charge in [0.05, 0.1) is 6.07 Å². The summed E-state index contributed by atoms with van der Waals surface area (Å²) in [6.07, 6.45) is 0.0447. The van der Waals surface area contributed by atoms with Gasteiger partial charge in [0.25, 0.3) is 0 Å². The number of rotatable bonds is 4. The number of aliphatic hydroxyl groups excluding tert-OH is 1. The predicted octanol–water partition coefficient (Wildman–Crippen LogP) is 0.933. The molecule has 0 fully saturated rings. The van der Waals surface area contributed by atoms with Crippen molar-refractivity contribution >= 4 is 11.9 Å². The van der Waals surface area contributed by atoms with Crippen LogP contribution >= 0.6 is 0 Å². The Bertz CT molecular complexity index is 336. The van der Waals surface area contributed by atoms with E-state index in [1.54, 1.807) is 6.07 Å². The molecule has 0 aromatic carbocycles. The summed E-state index contributed by atoms with van der Waals surface area (Å²) < 4.78 is 4.38. The fourth-order valence-electron chi connectivity index (χ4n) is 0.961. The van der Waals surface area contributed by atoms with E-state index < -0.39 is 18.0 Å². The van der Waals surface area contributed by atoms with Crippen molar-refractivity contribution in [2.45, 2.75) is 33.3 Å². The SMILES string of the molecule is CC(C)CC(=CC#N)C(=O)OC(=O)C(C)O. The van der Waals surface area contributed by atoms with Crippen molar-refractivity contribution in [1.29, 1.82) is 5.26 Å². The van der Waals surface area contributed by atoms with Crippen molar-refractivity contribution in [3.63, 3.8) is 0 Å². The molecule has 0 aromatic rings. The second kappa shape index (κ2) is 6.75. The molecule has 0 aliphatic rings. The lowest BCUT2D eigenvalue weighted by molar-refractivity contribution is -0.162. The summed E-state index contributed by atoms with van der Waals surface area (Å²) in [7, 11) is 0. The van der Waals surface area contributed by atoms with Gasteiger partial charge in [-0.1, -0.05) is 13.8 Å². The van der Waals surface area contributed by atoms with Gasteiger partial charge < -0.3 is 9.84 Å². The number of aliphatic hydroxyl groups is 1. The highest BCUT2D eigenvalue weighted by Crippen LogP contribution is 2.12. The second-order valence-electron chi connectivity index (χ2n) is 3.78. The third-order valence-corrected chi connectivity index (χ3v) is 1.66. The number of nitriles is 1. The maximum Gasteiger partial charge on any atom is 0.342 e. The molecule has 1 N–H and O–H groups in total. The Morgan fingerprint density at radius 2 is 2.00 bits per heavy atom. The van der Waals surface area contributed by atoms with Gasteiger partial charge in [-0.2, -0.15) is 5.26 Å². The number of carbonyl (C=O) groups is 2. The molecule has 0 heterocycles. The molecule has 88 valence electrons. The molecule has 16 heavy (non-hydrogen) atoms. The van der Waals surface area contributed by atoms with E-state index >= 15 is 0 Å². The quantitative estimate of drug-likeness (QED) is 0.333. The molecule has 1 atom stereocenters. The smallest absolute Gasteiger partial charge is 0.342 e. The zero-order chi connectivity index (χ0) is 12.7. The maximum atomic E-state index is 11.4. The van der Waals surface area contributed by atoms with Crippen LogP contribution < -0.4 is 0 Å². The minimum Gasteiger partial charge on any atom is -0.388 e. The van der Waals surface area contributed by atoms with Crippen LogP contribution in [0.3, 0.4) is 0 Å². The molecule has 5 heteroatoms. The van der Waals surface area contributed by atoms with Crippen LogP contribution in [0.15, 0.2) is 11.6 Å². The average molecular weight is 225 g/mol. The summed E-state index contributed by atoms with van der Waals surface area (Å²) in [5.41, 5.74) is 0.131. The molecule has 0 aromatic heterocycles. The molecule has 0 saturated heterocycles. The van der Waals surface area contributed by atoms with E-state index in [2.05, 4.69) is 4.74 Å². The van der Waals surface area contributed by atoms with Crippen molar-refractivity contribution in [2.24, 2.45) is 5.92 Å². The topological polar surface area (TPSA) is 87.4 Å². The monoisotopic (exact) mass is 225 g/mol. The fourth-order valence-corrected chi connectivity index (χ4v) is 0.961. The van der Waals surface area contributed by atoms with E-state index in [1.807, 2.05) is 13.8 Å². The van der Waals surface area contributed by atoms with Crippen molar-refractivity contribution in [2.75, 3.05) is 0 Å². The highest BCUT2D eigenvalue weighted by molar-refractivity contribution is 5.97. The molecule has 1 unspecified atom stereocenters. The van der Waals surface area contributed by atoms with Gasteiger partial charge >= 0.3 is 11.9 Å². The number of ether oxygens (including phenoxy) is 1. The number of esters is 2. The number of hydrogen-bond acceptors (Lipinski definition) is 5. The zero-order valence-corrected chi connectivity index (χ0v) is 9.56.